The van der Waals surface area contributed by atoms with Crippen molar-refractivity contribution in [1.29, 1.82) is 0 Å². The van der Waals surface area contributed by atoms with Gasteiger partial charge in [0.1, 0.15) is 0 Å². The Bertz CT molecular complexity index is 496. The van der Waals surface area contributed by atoms with Crippen LogP contribution >= 0.6 is 0 Å². The molecule has 0 aliphatic rings. The molecular formula is C16H20N2O2+2. The van der Waals surface area contributed by atoms with Gasteiger partial charge in [-0.2, -0.15) is 9.13 Å². The lowest BCUT2D eigenvalue weighted by atomic mass is 10.2. The molecule has 0 fully saturated rings. The topological polar surface area (TPSA) is 26.2 Å². The van der Waals surface area contributed by atoms with E-state index in [2.05, 4.69) is 36.4 Å². The fraction of sp³-hybridized carbons (Fsp3) is 0.250. The molecule has 2 aromatic rings. The summed E-state index contributed by atoms with van der Waals surface area (Å²) in [6, 6.07) is 8.24. The maximum absolute atomic E-state index is 5.06. The van der Waals surface area contributed by atoms with Gasteiger partial charge in [-0.25, -0.2) is 0 Å². The maximum atomic E-state index is 5.06. The molecule has 0 bridgehead atoms. The molecule has 0 radical (unpaired) electrons. The molecule has 20 heavy (non-hydrogen) atoms. The quantitative estimate of drug-likeness (QED) is 0.747. The lowest BCUT2D eigenvalue weighted by Crippen LogP contribution is -2.33. The number of nitrogens with zero attached hydrogens (tertiary/aromatic N) is 2. The second-order valence-electron chi connectivity index (χ2n) is 4.46. The summed E-state index contributed by atoms with van der Waals surface area (Å²) >= 11 is 0. The highest BCUT2D eigenvalue weighted by molar-refractivity contribution is 5.68. The Balaban J connectivity index is 2.01. The van der Waals surface area contributed by atoms with Crippen molar-refractivity contribution in [2.45, 2.75) is 13.5 Å². The zero-order valence-electron chi connectivity index (χ0n) is 11.9. The standard InChI is InChI=1S/C16H20N2O2/c1-19-13-17-9-5-15(6-10-17)3-4-16-7-11-18(12-8-16)14-20-2/h3-12H,13-14H2,1-2H3/q+2/b4-3+. The van der Waals surface area contributed by atoms with Gasteiger partial charge < -0.3 is 9.47 Å². The van der Waals surface area contributed by atoms with Crippen LogP contribution in [-0.4, -0.2) is 14.2 Å². The largest absolute Gasteiger partial charge is 0.327 e. The lowest BCUT2D eigenvalue weighted by molar-refractivity contribution is -0.731. The molecule has 0 N–H and O–H groups in total. The highest BCUT2D eigenvalue weighted by atomic mass is 16.5. The van der Waals surface area contributed by atoms with Gasteiger partial charge in [0.25, 0.3) is 13.5 Å². The zero-order valence-corrected chi connectivity index (χ0v) is 11.9. The number of hydrogen-bond acceptors (Lipinski definition) is 2. The van der Waals surface area contributed by atoms with E-state index in [9.17, 15) is 0 Å². The number of aromatic nitrogens is 2. The van der Waals surface area contributed by atoms with E-state index in [1.165, 1.54) is 0 Å². The van der Waals surface area contributed by atoms with Crippen molar-refractivity contribution in [1.82, 2.24) is 0 Å². The molecule has 0 aliphatic carbocycles. The fourth-order valence-electron chi connectivity index (χ4n) is 1.82. The molecule has 0 spiro atoms. The fourth-order valence-corrected chi connectivity index (χ4v) is 1.82. The summed E-state index contributed by atoms with van der Waals surface area (Å²) in [6.07, 6.45) is 12.2. The lowest BCUT2D eigenvalue weighted by Gasteiger charge is -1.96. The van der Waals surface area contributed by atoms with E-state index in [1.54, 1.807) is 14.2 Å². The molecule has 4 nitrogen and oxygen atoms in total. The Kier molecular flexibility index (Phi) is 5.41. The highest BCUT2D eigenvalue weighted by Crippen LogP contribution is 2.05. The van der Waals surface area contributed by atoms with Gasteiger partial charge in [-0.15, -0.1) is 0 Å². The molecule has 0 aromatic carbocycles. The second kappa shape index (κ2) is 7.53. The van der Waals surface area contributed by atoms with E-state index in [4.69, 9.17) is 9.47 Å². The van der Waals surface area contributed by atoms with Gasteiger partial charge in [0.05, 0.1) is 0 Å². The molecule has 0 saturated heterocycles. The number of pyridine rings is 2. The van der Waals surface area contributed by atoms with E-state index in [0.29, 0.717) is 13.5 Å². The number of rotatable bonds is 6. The van der Waals surface area contributed by atoms with Gasteiger partial charge in [0.2, 0.25) is 0 Å². The minimum atomic E-state index is 0.572. The third kappa shape index (κ3) is 4.26. The van der Waals surface area contributed by atoms with Crippen LogP contribution in [0.15, 0.2) is 49.1 Å². The summed E-state index contributed by atoms with van der Waals surface area (Å²) < 4.78 is 14.1. The number of ether oxygens (including phenoxy) is 2. The summed E-state index contributed by atoms with van der Waals surface area (Å²) in [6.45, 7) is 1.14. The van der Waals surface area contributed by atoms with Crippen LogP contribution in [0.2, 0.25) is 0 Å². The molecule has 0 unspecified atom stereocenters. The van der Waals surface area contributed by atoms with Gasteiger partial charge >= 0.3 is 0 Å². The van der Waals surface area contributed by atoms with Gasteiger partial charge in [-0.3, -0.25) is 0 Å². The third-order valence-corrected chi connectivity index (χ3v) is 2.86. The molecule has 0 amide bonds. The first kappa shape index (κ1) is 14.4. The molecule has 0 atom stereocenters. The SMILES string of the molecule is COC[n+]1ccc(/C=C/c2cc[n+](COC)cc2)cc1. The van der Waals surface area contributed by atoms with Crippen molar-refractivity contribution in [3.8, 4) is 0 Å². The molecule has 2 aromatic heterocycles. The minimum Gasteiger partial charge on any atom is -0.327 e. The van der Waals surface area contributed by atoms with Crippen molar-refractivity contribution in [3.05, 3.63) is 60.2 Å². The molecule has 0 aliphatic heterocycles. The Hall–Kier alpha value is -2.04. The van der Waals surface area contributed by atoms with Crippen LogP contribution in [0.5, 0.6) is 0 Å². The van der Waals surface area contributed by atoms with Crippen LogP contribution in [0.3, 0.4) is 0 Å². The predicted molar refractivity (Wildman–Crippen MR) is 76.2 cm³/mol. The van der Waals surface area contributed by atoms with Crippen molar-refractivity contribution in [2.75, 3.05) is 14.2 Å². The van der Waals surface area contributed by atoms with E-state index >= 15 is 0 Å². The van der Waals surface area contributed by atoms with E-state index in [-0.39, 0.29) is 0 Å². The summed E-state index contributed by atoms with van der Waals surface area (Å²) in [5, 5.41) is 0. The summed E-state index contributed by atoms with van der Waals surface area (Å²) in [4.78, 5) is 0. The maximum Gasteiger partial charge on any atom is 0.252 e. The molecule has 0 saturated carbocycles. The van der Waals surface area contributed by atoms with Crippen LogP contribution in [0.4, 0.5) is 0 Å². The monoisotopic (exact) mass is 272 g/mol. The third-order valence-electron chi connectivity index (χ3n) is 2.86. The molecular weight excluding hydrogens is 252 g/mol. The Morgan fingerprint density at radius 2 is 1.10 bits per heavy atom. The Morgan fingerprint density at radius 1 is 0.750 bits per heavy atom. The summed E-state index contributed by atoms with van der Waals surface area (Å²) in [5.41, 5.74) is 2.32. The van der Waals surface area contributed by atoms with Crippen LogP contribution in [0, 0.1) is 0 Å². The Labute approximate surface area is 119 Å². The Morgan fingerprint density at radius 3 is 1.40 bits per heavy atom. The summed E-state index contributed by atoms with van der Waals surface area (Å²) in [5.74, 6) is 0. The normalized spacial score (nSPS) is 11.1. The summed E-state index contributed by atoms with van der Waals surface area (Å²) in [7, 11) is 3.37. The van der Waals surface area contributed by atoms with Gasteiger partial charge in [-0.05, 0) is 11.1 Å². The van der Waals surface area contributed by atoms with Gasteiger partial charge in [-0.1, -0.05) is 12.2 Å². The smallest absolute Gasteiger partial charge is 0.252 e. The molecule has 2 heterocycles. The van der Waals surface area contributed by atoms with Crippen molar-refractivity contribution in [2.24, 2.45) is 0 Å². The van der Waals surface area contributed by atoms with Gasteiger partial charge in [0.15, 0.2) is 24.8 Å². The number of hydrogen-bond donors (Lipinski definition) is 0. The first-order valence-corrected chi connectivity index (χ1v) is 6.46. The van der Waals surface area contributed by atoms with Crippen molar-refractivity contribution < 1.29 is 18.6 Å². The second-order valence-corrected chi connectivity index (χ2v) is 4.46. The van der Waals surface area contributed by atoms with Crippen LogP contribution < -0.4 is 9.13 Å². The van der Waals surface area contributed by atoms with Crippen LogP contribution in [-0.2, 0) is 22.9 Å². The zero-order chi connectivity index (χ0) is 14.2. The first-order valence-electron chi connectivity index (χ1n) is 6.46. The van der Waals surface area contributed by atoms with Crippen LogP contribution in [0.25, 0.3) is 12.2 Å². The van der Waals surface area contributed by atoms with E-state index < -0.39 is 0 Å². The minimum absolute atomic E-state index is 0.572. The van der Waals surface area contributed by atoms with Gasteiger partial charge in [0, 0.05) is 38.5 Å². The van der Waals surface area contributed by atoms with E-state index in [1.807, 2.05) is 33.9 Å². The molecule has 104 valence electrons. The first-order chi connectivity index (χ1) is 9.81. The average Bonchev–Trinajstić information content (AvgIpc) is 2.49. The molecule has 2 rings (SSSR count). The highest BCUT2D eigenvalue weighted by Gasteiger charge is 1.99. The van der Waals surface area contributed by atoms with Crippen molar-refractivity contribution >= 4 is 12.2 Å². The molecule has 4 heteroatoms. The van der Waals surface area contributed by atoms with Crippen molar-refractivity contribution in [3.63, 3.8) is 0 Å². The average molecular weight is 272 g/mol. The predicted octanol–water partition coefficient (Wildman–Crippen LogP) is 1.64. The van der Waals surface area contributed by atoms with Crippen LogP contribution in [0.1, 0.15) is 11.1 Å². The number of methoxy groups -OCH3 is 2. The van der Waals surface area contributed by atoms with E-state index in [0.717, 1.165) is 11.1 Å².